The maximum absolute atomic E-state index is 12.9. The molecule has 0 radical (unpaired) electrons. The molecule has 1 aromatic rings. The molecule has 2 fully saturated rings. The van der Waals surface area contributed by atoms with E-state index in [1.54, 1.807) is 24.3 Å². The summed E-state index contributed by atoms with van der Waals surface area (Å²) >= 11 is 0. The van der Waals surface area contributed by atoms with Gasteiger partial charge in [0.15, 0.2) is 0 Å². The van der Waals surface area contributed by atoms with Crippen molar-refractivity contribution in [1.82, 2.24) is 9.62 Å². The highest BCUT2D eigenvalue weighted by molar-refractivity contribution is 7.89. The third-order valence-corrected chi connectivity index (χ3v) is 7.01. The number of carbonyl (C=O) groups excluding carboxylic acids is 1. The highest BCUT2D eigenvalue weighted by Gasteiger charge is 2.39. The van der Waals surface area contributed by atoms with E-state index in [2.05, 4.69) is 5.32 Å². The summed E-state index contributed by atoms with van der Waals surface area (Å²) in [6.45, 7) is 2.34. The molecule has 1 aliphatic carbocycles. The summed E-state index contributed by atoms with van der Waals surface area (Å²) in [5, 5.41) is 3.08. The van der Waals surface area contributed by atoms with Gasteiger partial charge in [0.05, 0.1) is 4.90 Å². The van der Waals surface area contributed by atoms with Crippen molar-refractivity contribution in [3.05, 3.63) is 29.8 Å². The molecule has 3 rings (SSSR count). The zero-order valence-corrected chi connectivity index (χ0v) is 15.0. The maximum atomic E-state index is 12.9. The molecule has 6 heteroatoms. The van der Waals surface area contributed by atoms with E-state index >= 15 is 0 Å². The molecule has 24 heavy (non-hydrogen) atoms. The van der Waals surface area contributed by atoms with Gasteiger partial charge in [0.25, 0.3) is 0 Å². The van der Waals surface area contributed by atoms with Crippen molar-refractivity contribution in [2.24, 2.45) is 0 Å². The number of carbonyl (C=O) groups is 1. The van der Waals surface area contributed by atoms with Crippen LogP contribution in [-0.2, 0) is 14.8 Å². The topological polar surface area (TPSA) is 66.5 Å². The predicted molar refractivity (Wildman–Crippen MR) is 93.1 cm³/mol. The third kappa shape index (κ3) is 3.64. The van der Waals surface area contributed by atoms with E-state index in [-0.39, 0.29) is 16.8 Å². The SMILES string of the molecule is Cc1ccc(S(=O)(=O)N2CCC[C@H]2C(=O)NC2CCCCC2)cc1. The summed E-state index contributed by atoms with van der Waals surface area (Å²) in [5.41, 5.74) is 1.02. The van der Waals surface area contributed by atoms with Crippen LogP contribution in [0.4, 0.5) is 0 Å². The van der Waals surface area contributed by atoms with E-state index < -0.39 is 16.1 Å². The molecule has 1 amide bonds. The lowest BCUT2D eigenvalue weighted by molar-refractivity contribution is -0.125. The second-order valence-corrected chi connectivity index (χ2v) is 8.82. The van der Waals surface area contributed by atoms with Crippen molar-refractivity contribution in [2.45, 2.75) is 68.8 Å². The molecule has 2 aliphatic rings. The molecule has 0 spiro atoms. The number of amides is 1. The Hall–Kier alpha value is -1.40. The fraction of sp³-hybridized carbons (Fsp3) is 0.611. The van der Waals surface area contributed by atoms with Gasteiger partial charge in [-0.25, -0.2) is 8.42 Å². The molecule has 1 aliphatic heterocycles. The van der Waals surface area contributed by atoms with Crippen molar-refractivity contribution < 1.29 is 13.2 Å². The summed E-state index contributed by atoms with van der Waals surface area (Å²) in [7, 11) is -3.62. The van der Waals surface area contributed by atoms with E-state index in [4.69, 9.17) is 0 Å². The smallest absolute Gasteiger partial charge is 0.243 e. The summed E-state index contributed by atoms with van der Waals surface area (Å²) in [4.78, 5) is 12.9. The predicted octanol–water partition coefficient (Wildman–Crippen LogP) is 2.60. The van der Waals surface area contributed by atoms with Crippen molar-refractivity contribution in [2.75, 3.05) is 6.54 Å². The van der Waals surface area contributed by atoms with Crippen LogP contribution in [0.1, 0.15) is 50.5 Å². The fourth-order valence-electron chi connectivity index (χ4n) is 3.68. The number of benzene rings is 1. The minimum atomic E-state index is -3.62. The Balaban J connectivity index is 1.74. The second kappa shape index (κ2) is 7.23. The zero-order chi connectivity index (χ0) is 17.2. The monoisotopic (exact) mass is 350 g/mol. The molecule has 0 unspecified atom stereocenters. The van der Waals surface area contributed by atoms with Crippen LogP contribution in [0.25, 0.3) is 0 Å². The number of rotatable bonds is 4. The Kier molecular flexibility index (Phi) is 5.25. The van der Waals surface area contributed by atoms with Gasteiger partial charge >= 0.3 is 0 Å². The number of hydrogen-bond acceptors (Lipinski definition) is 3. The van der Waals surface area contributed by atoms with E-state index in [0.717, 1.165) is 37.7 Å². The molecular formula is C18H26N2O3S. The number of hydrogen-bond donors (Lipinski definition) is 1. The van der Waals surface area contributed by atoms with Gasteiger partial charge in [0.2, 0.25) is 15.9 Å². The molecule has 0 aromatic heterocycles. The zero-order valence-electron chi connectivity index (χ0n) is 14.2. The van der Waals surface area contributed by atoms with Gasteiger partial charge in [-0.15, -0.1) is 0 Å². The standard InChI is InChI=1S/C18H26N2O3S/c1-14-9-11-16(12-10-14)24(22,23)20-13-5-8-17(20)18(21)19-15-6-3-2-4-7-15/h9-12,15,17H,2-8,13H2,1H3,(H,19,21)/t17-/m0/s1. The van der Waals surface area contributed by atoms with E-state index in [1.165, 1.54) is 10.7 Å². The number of aryl methyl sites for hydroxylation is 1. The molecule has 5 nitrogen and oxygen atoms in total. The molecule has 1 N–H and O–H groups in total. The Morgan fingerprint density at radius 3 is 2.38 bits per heavy atom. The molecular weight excluding hydrogens is 324 g/mol. The minimum absolute atomic E-state index is 0.130. The molecule has 1 atom stereocenters. The maximum Gasteiger partial charge on any atom is 0.243 e. The molecule has 1 heterocycles. The summed E-state index contributed by atoms with van der Waals surface area (Å²) in [6, 6.07) is 6.46. The first kappa shape index (κ1) is 17.4. The number of nitrogens with zero attached hydrogens (tertiary/aromatic N) is 1. The summed E-state index contributed by atoms with van der Waals surface area (Å²) in [6.07, 6.45) is 6.84. The average Bonchev–Trinajstić information content (AvgIpc) is 3.07. The second-order valence-electron chi connectivity index (χ2n) is 6.93. The highest BCUT2D eigenvalue weighted by atomic mass is 32.2. The lowest BCUT2D eigenvalue weighted by Gasteiger charge is -2.28. The van der Waals surface area contributed by atoms with Crippen LogP contribution in [0.2, 0.25) is 0 Å². The van der Waals surface area contributed by atoms with Crippen LogP contribution >= 0.6 is 0 Å². The van der Waals surface area contributed by atoms with Crippen molar-refractivity contribution in [1.29, 1.82) is 0 Å². The first-order valence-corrected chi connectivity index (χ1v) is 10.3. The summed E-state index contributed by atoms with van der Waals surface area (Å²) < 4.78 is 27.2. The van der Waals surface area contributed by atoms with Gasteiger partial charge in [-0.3, -0.25) is 4.79 Å². The highest BCUT2D eigenvalue weighted by Crippen LogP contribution is 2.27. The van der Waals surface area contributed by atoms with Crippen LogP contribution in [0.3, 0.4) is 0 Å². The van der Waals surface area contributed by atoms with Crippen LogP contribution < -0.4 is 5.32 Å². The first-order chi connectivity index (χ1) is 11.5. The molecule has 1 saturated heterocycles. The normalized spacial score (nSPS) is 23.3. The fourth-order valence-corrected chi connectivity index (χ4v) is 5.34. The van der Waals surface area contributed by atoms with Crippen LogP contribution in [0.15, 0.2) is 29.2 Å². The summed E-state index contributed by atoms with van der Waals surface area (Å²) in [5.74, 6) is -0.130. The lowest BCUT2D eigenvalue weighted by Crippen LogP contribution is -2.49. The van der Waals surface area contributed by atoms with Crippen molar-refractivity contribution >= 4 is 15.9 Å². The van der Waals surface area contributed by atoms with Crippen molar-refractivity contribution in [3.63, 3.8) is 0 Å². The van der Waals surface area contributed by atoms with Gasteiger partial charge in [-0.05, 0) is 44.7 Å². The Bertz CT molecular complexity index is 679. The van der Waals surface area contributed by atoms with Crippen LogP contribution in [0, 0.1) is 6.92 Å². The molecule has 0 bridgehead atoms. The Morgan fingerprint density at radius 1 is 1.04 bits per heavy atom. The first-order valence-electron chi connectivity index (χ1n) is 8.87. The quantitative estimate of drug-likeness (QED) is 0.908. The van der Waals surface area contributed by atoms with Gasteiger partial charge in [-0.1, -0.05) is 37.0 Å². The van der Waals surface area contributed by atoms with Gasteiger partial charge in [0, 0.05) is 12.6 Å². The van der Waals surface area contributed by atoms with E-state index in [1.807, 2.05) is 6.92 Å². The van der Waals surface area contributed by atoms with Crippen LogP contribution in [0.5, 0.6) is 0 Å². The Morgan fingerprint density at radius 2 is 1.71 bits per heavy atom. The third-order valence-electron chi connectivity index (χ3n) is 5.09. The lowest BCUT2D eigenvalue weighted by atomic mass is 9.95. The van der Waals surface area contributed by atoms with Gasteiger partial charge in [-0.2, -0.15) is 4.31 Å². The average molecular weight is 350 g/mol. The Labute approximate surface area is 144 Å². The molecule has 1 saturated carbocycles. The largest absolute Gasteiger partial charge is 0.352 e. The molecule has 132 valence electrons. The molecule has 1 aromatic carbocycles. The van der Waals surface area contributed by atoms with Crippen molar-refractivity contribution in [3.8, 4) is 0 Å². The van der Waals surface area contributed by atoms with Gasteiger partial charge in [0.1, 0.15) is 6.04 Å². The van der Waals surface area contributed by atoms with E-state index in [9.17, 15) is 13.2 Å². The van der Waals surface area contributed by atoms with E-state index in [0.29, 0.717) is 13.0 Å². The number of nitrogens with one attached hydrogen (secondary N) is 1. The van der Waals surface area contributed by atoms with Gasteiger partial charge < -0.3 is 5.32 Å². The number of sulfonamides is 1. The minimum Gasteiger partial charge on any atom is -0.352 e. The van der Waals surface area contributed by atoms with Crippen LogP contribution in [-0.4, -0.2) is 37.3 Å².